The number of hydrogen-bond acceptors (Lipinski definition) is 5. The summed E-state index contributed by atoms with van der Waals surface area (Å²) in [6.07, 6.45) is 42.5. The molecule has 0 fully saturated rings. The fourth-order valence-corrected chi connectivity index (χ4v) is 6.66. The van der Waals surface area contributed by atoms with Crippen molar-refractivity contribution in [2.45, 2.75) is 244 Å². The Kier molecular flexibility index (Phi) is 38.3. The van der Waals surface area contributed by atoms with Crippen LogP contribution < -0.4 is 5.32 Å². The van der Waals surface area contributed by atoms with Gasteiger partial charge in [0.05, 0.1) is 25.2 Å². The third-order valence-electron chi connectivity index (χ3n) is 10.0. The van der Waals surface area contributed by atoms with Crippen molar-refractivity contribution in [3.63, 3.8) is 0 Å². The summed E-state index contributed by atoms with van der Waals surface area (Å²) < 4.78 is 5.83. The van der Waals surface area contributed by atoms with Crippen LogP contribution in [-0.2, 0) is 14.3 Å². The Labute approximate surface area is 316 Å². The van der Waals surface area contributed by atoms with Crippen molar-refractivity contribution < 1.29 is 24.5 Å². The maximum absolute atomic E-state index is 13.0. The summed E-state index contributed by atoms with van der Waals surface area (Å²) in [7, 11) is 0. The van der Waals surface area contributed by atoms with Crippen molar-refractivity contribution >= 4 is 11.9 Å². The zero-order valence-corrected chi connectivity index (χ0v) is 34.0. The van der Waals surface area contributed by atoms with Gasteiger partial charge in [0.2, 0.25) is 5.91 Å². The number of esters is 1. The van der Waals surface area contributed by atoms with E-state index in [-0.39, 0.29) is 24.9 Å². The second-order valence-corrected chi connectivity index (χ2v) is 15.1. The lowest BCUT2D eigenvalue weighted by atomic mass is 10.0. The SMILES string of the molecule is CCCCCCCC/C=C\C/C=C/CCC(=O)OC(CCCCCCCCC)CC(=O)NC(CO)C(O)CCCCCCCCCCCCCC. The van der Waals surface area contributed by atoms with Crippen LogP contribution in [0.15, 0.2) is 24.3 Å². The highest BCUT2D eigenvalue weighted by Gasteiger charge is 2.24. The van der Waals surface area contributed by atoms with Crippen LogP contribution in [0.3, 0.4) is 0 Å². The third kappa shape index (κ3) is 35.2. The van der Waals surface area contributed by atoms with E-state index >= 15 is 0 Å². The molecule has 51 heavy (non-hydrogen) atoms. The van der Waals surface area contributed by atoms with E-state index < -0.39 is 18.2 Å². The maximum atomic E-state index is 13.0. The highest BCUT2D eigenvalue weighted by atomic mass is 16.5. The van der Waals surface area contributed by atoms with Crippen LogP contribution in [0.4, 0.5) is 0 Å². The standard InChI is InChI=1S/C45H85NO5/c1-4-7-10-13-16-18-20-22-24-26-29-32-35-38-45(50)51-41(36-33-30-27-15-12-9-6-3)39-44(49)46-42(40-47)43(48)37-34-31-28-25-23-21-19-17-14-11-8-5-2/h22,24,29,32,41-43,47-48H,4-21,23,25-28,30-31,33-40H2,1-3H3,(H,46,49)/b24-22-,32-29+. The first-order valence-corrected chi connectivity index (χ1v) is 22.1. The Morgan fingerprint density at radius 1 is 0.569 bits per heavy atom. The molecule has 0 rings (SSSR count). The van der Waals surface area contributed by atoms with Crippen LogP contribution >= 0.6 is 0 Å². The monoisotopic (exact) mass is 720 g/mol. The normalized spacial score (nSPS) is 13.6. The summed E-state index contributed by atoms with van der Waals surface area (Å²) in [4.78, 5) is 25.8. The fourth-order valence-electron chi connectivity index (χ4n) is 6.66. The molecule has 0 aliphatic heterocycles. The minimum atomic E-state index is -0.789. The highest BCUT2D eigenvalue weighted by Crippen LogP contribution is 2.17. The molecule has 0 heterocycles. The van der Waals surface area contributed by atoms with Crippen LogP contribution in [0.5, 0.6) is 0 Å². The minimum absolute atomic E-state index is 0.0582. The lowest BCUT2D eigenvalue weighted by Gasteiger charge is -2.24. The second kappa shape index (κ2) is 39.5. The number of allylic oxidation sites excluding steroid dienone is 4. The van der Waals surface area contributed by atoms with Gasteiger partial charge in [-0.3, -0.25) is 9.59 Å². The van der Waals surface area contributed by atoms with Crippen molar-refractivity contribution in [2.75, 3.05) is 6.61 Å². The summed E-state index contributed by atoms with van der Waals surface area (Å²) in [6.45, 7) is 6.41. The fraction of sp³-hybridized carbons (Fsp3) is 0.867. The average Bonchev–Trinajstić information content (AvgIpc) is 3.12. The van der Waals surface area contributed by atoms with E-state index in [9.17, 15) is 19.8 Å². The molecule has 0 aromatic heterocycles. The molecule has 0 aromatic carbocycles. The van der Waals surface area contributed by atoms with Gasteiger partial charge in [-0.05, 0) is 44.9 Å². The predicted octanol–water partition coefficient (Wildman–Crippen LogP) is 12.4. The van der Waals surface area contributed by atoms with E-state index in [4.69, 9.17) is 4.74 Å². The quantitative estimate of drug-likeness (QED) is 0.0334. The number of aliphatic hydroxyl groups excluding tert-OH is 2. The van der Waals surface area contributed by atoms with Crippen molar-refractivity contribution in [2.24, 2.45) is 0 Å². The zero-order chi connectivity index (χ0) is 37.5. The summed E-state index contributed by atoms with van der Waals surface area (Å²) >= 11 is 0. The zero-order valence-electron chi connectivity index (χ0n) is 34.0. The van der Waals surface area contributed by atoms with Gasteiger partial charge in [0.1, 0.15) is 6.10 Å². The van der Waals surface area contributed by atoms with Gasteiger partial charge in [-0.15, -0.1) is 0 Å². The number of carbonyl (C=O) groups is 2. The van der Waals surface area contributed by atoms with Gasteiger partial charge in [0, 0.05) is 6.42 Å². The molecule has 6 nitrogen and oxygen atoms in total. The number of amides is 1. The molecular weight excluding hydrogens is 634 g/mol. The number of unbranched alkanes of at least 4 members (excludes halogenated alkanes) is 23. The Bertz CT molecular complexity index is 812. The van der Waals surface area contributed by atoms with Crippen LogP contribution in [0.25, 0.3) is 0 Å². The topological polar surface area (TPSA) is 95.9 Å². The molecular formula is C45H85NO5. The Hall–Kier alpha value is -1.66. The number of rotatable bonds is 39. The summed E-state index contributed by atoms with van der Waals surface area (Å²) in [5.41, 5.74) is 0. The Morgan fingerprint density at radius 2 is 1.00 bits per heavy atom. The van der Waals surface area contributed by atoms with E-state index in [0.717, 1.165) is 51.4 Å². The number of aliphatic hydroxyl groups is 2. The third-order valence-corrected chi connectivity index (χ3v) is 10.0. The van der Waals surface area contributed by atoms with Crippen molar-refractivity contribution in [3.05, 3.63) is 24.3 Å². The predicted molar refractivity (Wildman–Crippen MR) is 218 cm³/mol. The molecule has 0 radical (unpaired) electrons. The molecule has 0 saturated carbocycles. The van der Waals surface area contributed by atoms with Gasteiger partial charge < -0.3 is 20.3 Å². The molecule has 1 amide bonds. The van der Waals surface area contributed by atoms with E-state index in [1.807, 2.05) is 6.08 Å². The number of ether oxygens (including phenoxy) is 1. The summed E-state index contributed by atoms with van der Waals surface area (Å²) in [5.74, 6) is -0.555. The van der Waals surface area contributed by atoms with Crippen LogP contribution in [0, 0.1) is 0 Å². The number of hydrogen-bond donors (Lipinski definition) is 3. The van der Waals surface area contributed by atoms with Gasteiger partial charge in [-0.1, -0.05) is 193 Å². The van der Waals surface area contributed by atoms with E-state index in [0.29, 0.717) is 25.7 Å². The number of carbonyl (C=O) groups excluding carboxylic acids is 2. The first-order chi connectivity index (χ1) is 25.0. The largest absolute Gasteiger partial charge is 0.462 e. The van der Waals surface area contributed by atoms with Crippen LogP contribution in [-0.4, -0.2) is 46.9 Å². The van der Waals surface area contributed by atoms with Gasteiger partial charge in [-0.25, -0.2) is 0 Å². The molecule has 3 atom stereocenters. The van der Waals surface area contributed by atoms with E-state index in [2.05, 4.69) is 44.3 Å². The molecule has 6 heteroatoms. The van der Waals surface area contributed by atoms with Gasteiger partial charge in [0.25, 0.3) is 0 Å². The molecule has 0 spiro atoms. The molecule has 0 aliphatic rings. The second-order valence-electron chi connectivity index (χ2n) is 15.1. The minimum Gasteiger partial charge on any atom is -0.462 e. The van der Waals surface area contributed by atoms with Crippen molar-refractivity contribution in [1.29, 1.82) is 0 Å². The van der Waals surface area contributed by atoms with Crippen LogP contribution in [0.2, 0.25) is 0 Å². The summed E-state index contributed by atoms with van der Waals surface area (Å²) in [5, 5.41) is 23.5. The Balaban J connectivity index is 4.52. The molecule has 0 aliphatic carbocycles. The lowest BCUT2D eigenvalue weighted by Crippen LogP contribution is -2.46. The van der Waals surface area contributed by atoms with Gasteiger partial charge in [0.15, 0.2) is 0 Å². The van der Waals surface area contributed by atoms with Crippen LogP contribution in [0.1, 0.15) is 226 Å². The number of nitrogens with one attached hydrogen (secondary N) is 1. The van der Waals surface area contributed by atoms with Gasteiger partial charge in [-0.2, -0.15) is 0 Å². The average molecular weight is 720 g/mol. The molecule has 0 saturated heterocycles. The molecule has 3 N–H and O–H groups in total. The van der Waals surface area contributed by atoms with E-state index in [1.165, 1.54) is 122 Å². The van der Waals surface area contributed by atoms with Gasteiger partial charge >= 0.3 is 5.97 Å². The molecule has 0 aromatic rings. The van der Waals surface area contributed by atoms with Crippen molar-refractivity contribution in [3.8, 4) is 0 Å². The smallest absolute Gasteiger partial charge is 0.306 e. The highest BCUT2D eigenvalue weighted by molar-refractivity contribution is 5.77. The Morgan fingerprint density at radius 3 is 1.49 bits per heavy atom. The molecule has 0 bridgehead atoms. The molecule has 3 unspecified atom stereocenters. The maximum Gasteiger partial charge on any atom is 0.306 e. The van der Waals surface area contributed by atoms with E-state index in [1.54, 1.807) is 0 Å². The first kappa shape index (κ1) is 49.3. The molecule has 300 valence electrons. The summed E-state index contributed by atoms with van der Waals surface area (Å²) in [6, 6.07) is -0.704. The van der Waals surface area contributed by atoms with Crippen molar-refractivity contribution in [1.82, 2.24) is 5.32 Å². The first-order valence-electron chi connectivity index (χ1n) is 22.1. The lowest BCUT2D eigenvalue weighted by molar-refractivity contribution is -0.150.